The largest absolute Gasteiger partial charge is 0.352 e. The molecule has 3 fully saturated rings. The van der Waals surface area contributed by atoms with Crippen LogP contribution in [0, 0.1) is 17.8 Å². The van der Waals surface area contributed by atoms with Gasteiger partial charge in [0, 0.05) is 5.92 Å². The molecular formula is C13H22O2. The highest BCUT2D eigenvalue weighted by Crippen LogP contribution is 2.44. The zero-order valence-corrected chi connectivity index (χ0v) is 9.49. The van der Waals surface area contributed by atoms with E-state index in [1.54, 1.807) is 0 Å². The number of hydrogen-bond donors (Lipinski definition) is 0. The van der Waals surface area contributed by atoms with Crippen LogP contribution in [-0.2, 0) is 9.47 Å². The predicted octanol–water partition coefficient (Wildman–Crippen LogP) is 2.97. The van der Waals surface area contributed by atoms with Gasteiger partial charge in [-0.3, -0.25) is 0 Å². The average Bonchev–Trinajstić information content (AvgIpc) is 2.30. The SMILES string of the molecule is C1COC(C2CC3CCCC(C3)C2)OC1. The van der Waals surface area contributed by atoms with Crippen molar-refractivity contribution in [2.24, 2.45) is 17.8 Å². The molecule has 2 aliphatic carbocycles. The fraction of sp³-hybridized carbons (Fsp3) is 1.00. The Hall–Kier alpha value is -0.0800. The van der Waals surface area contributed by atoms with Crippen LogP contribution in [0.4, 0.5) is 0 Å². The molecule has 3 aliphatic rings. The second kappa shape index (κ2) is 4.42. The second-order valence-electron chi connectivity index (χ2n) is 5.59. The van der Waals surface area contributed by atoms with Crippen LogP contribution in [0.3, 0.4) is 0 Å². The minimum atomic E-state index is 0.141. The van der Waals surface area contributed by atoms with Crippen LogP contribution in [0.15, 0.2) is 0 Å². The molecule has 0 aromatic rings. The molecule has 15 heavy (non-hydrogen) atoms. The van der Waals surface area contributed by atoms with Gasteiger partial charge in [-0.15, -0.1) is 0 Å². The first-order valence-corrected chi connectivity index (χ1v) is 6.65. The lowest BCUT2D eigenvalue weighted by Crippen LogP contribution is -2.38. The van der Waals surface area contributed by atoms with E-state index in [0.717, 1.165) is 31.5 Å². The number of rotatable bonds is 1. The average molecular weight is 210 g/mol. The standard InChI is InChI=1S/C13H22O2/c1-3-10-7-11(4-1)9-12(8-10)13-14-5-2-6-15-13/h10-13H,1-9H2. The van der Waals surface area contributed by atoms with Gasteiger partial charge in [0.15, 0.2) is 6.29 Å². The van der Waals surface area contributed by atoms with Gasteiger partial charge < -0.3 is 9.47 Å². The smallest absolute Gasteiger partial charge is 0.160 e. The van der Waals surface area contributed by atoms with Crippen LogP contribution < -0.4 is 0 Å². The lowest BCUT2D eigenvalue weighted by atomic mass is 9.68. The quantitative estimate of drug-likeness (QED) is 0.662. The summed E-state index contributed by atoms with van der Waals surface area (Å²) in [6.07, 6.45) is 9.82. The fourth-order valence-corrected chi connectivity index (χ4v) is 3.78. The van der Waals surface area contributed by atoms with Crippen LogP contribution >= 0.6 is 0 Å². The Morgan fingerprint density at radius 2 is 1.40 bits per heavy atom. The van der Waals surface area contributed by atoms with Crippen molar-refractivity contribution in [3.8, 4) is 0 Å². The van der Waals surface area contributed by atoms with Gasteiger partial charge in [-0.25, -0.2) is 0 Å². The van der Waals surface area contributed by atoms with E-state index in [1.807, 2.05) is 0 Å². The highest BCUT2D eigenvalue weighted by Gasteiger charge is 2.36. The fourth-order valence-electron chi connectivity index (χ4n) is 3.78. The third kappa shape index (κ3) is 2.21. The molecule has 0 aromatic heterocycles. The van der Waals surface area contributed by atoms with Gasteiger partial charge in [-0.05, 0) is 37.5 Å². The molecule has 0 spiro atoms. The molecule has 1 aliphatic heterocycles. The van der Waals surface area contributed by atoms with Crippen molar-refractivity contribution in [3.05, 3.63) is 0 Å². The molecule has 3 rings (SSSR count). The Morgan fingerprint density at radius 1 is 0.733 bits per heavy atom. The zero-order chi connectivity index (χ0) is 10.1. The van der Waals surface area contributed by atoms with Crippen molar-refractivity contribution >= 4 is 0 Å². The Bertz CT molecular complexity index is 199. The monoisotopic (exact) mass is 210 g/mol. The summed E-state index contributed by atoms with van der Waals surface area (Å²) in [5.74, 6) is 2.67. The summed E-state index contributed by atoms with van der Waals surface area (Å²) in [4.78, 5) is 0. The molecule has 1 saturated heterocycles. The summed E-state index contributed by atoms with van der Waals surface area (Å²) in [6.45, 7) is 1.83. The van der Waals surface area contributed by atoms with Crippen molar-refractivity contribution < 1.29 is 9.47 Å². The van der Waals surface area contributed by atoms with E-state index in [9.17, 15) is 0 Å². The molecule has 2 atom stereocenters. The first kappa shape index (κ1) is 10.1. The molecule has 2 heteroatoms. The van der Waals surface area contributed by atoms with E-state index in [2.05, 4.69) is 0 Å². The van der Waals surface area contributed by atoms with E-state index in [1.165, 1.54) is 38.5 Å². The maximum absolute atomic E-state index is 5.76. The lowest BCUT2D eigenvalue weighted by molar-refractivity contribution is -0.215. The van der Waals surface area contributed by atoms with Gasteiger partial charge in [0.25, 0.3) is 0 Å². The summed E-state index contributed by atoms with van der Waals surface area (Å²) in [6, 6.07) is 0. The normalized spacial score (nSPS) is 42.8. The molecule has 0 aromatic carbocycles. The van der Waals surface area contributed by atoms with Crippen LogP contribution in [0.2, 0.25) is 0 Å². The molecular weight excluding hydrogens is 188 g/mol. The first-order chi connectivity index (χ1) is 7.42. The molecule has 2 nitrogen and oxygen atoms in total. The van der Waals surface area contributed by atoms with Crippen molar-refractivity contribution in [3.63, 3.8) is 0 Å². The van der Waals surface area contributed by atoms with Crippen LogP contribution in [-0.4, -0.2) is 19.5 Å². The van der Waals surface area contributed by atoms with E-state index in [0.29, 0.717) is 5.92 Å². The van der Waals surface area contributed by atoms with Gasteiger partial charge in [0.2, 0.25) is 0 Å². The molecule has 2 saturated carbocycles. The predicted molar refractivity (Wildman–Crippen MR) is 58.5 cm³/mol. The number of fused-ring (bicyclic) bond motifs is 2. The van der Waals surface area contributed by atoms with Crippen molar-refractivity contribution in [1.82, 2.24) is 0 Å². The zero-order valence-electron chi connectivity index (χ0n) is 9.49. The Labute approximate surface area is 92.3 Å². The van der Waals surface area contributed by atoms with E-state index in [4.69, 9.17) is 9.47 Å². The molecule has 0 radical (unpaired) electrons. The minimum Gasteiger partial charge on any atom is -0.352 e. The first-order valence-electron chi connectivity index (χ1n) is 6.65. The van der Waals surface area contributed by atoms with Gasteiger partial charge in [-0.1, -0.05) is 19.3 Å². The van der Waals surface area contributed by atoms with Crippen LogP contribution in [0.1, 0.15) is 44.9 Å². The summed E-state index contributed by atoms with van der Waals surface area (Å²) < 4.78 is 11.5. The third-order valence-corrected chi connectivity index (χ3v) is 4.40. The minimum absolute atomic E-state index is 0.141. The van der Waals surface area contributed by atoms with Gasteiger partial charge in [0.05, 0.1) is 13.2 Å². The van der Waals surface area contributed by atoms with Crippen molar-refractivity contribution in [2.75, 3.05) is 13.2 Å². The van der Waals surface area contributed by atoms with E-state index >= 15 is 0 Å². The Balaban J connectivity index is 1.61. The molecule has 0 N–H and O–H groups in total. The highest BCUT2D eigenvalue weighted by molar-refractivity contribution is 4.84. The molecule has 0 amide bonds. The van der Waals surface area contributed by atoms with Crippen molar-refractivity contribution in [2.45, 2.75) is 51.2 Å². The Kier molecular flexibility index (Phi) is 2.98. The molecule has 86 valence electrons. The molecule has 2 unspecified atom stereocenters. The van der Waals surface area contributed by atoms with Crippen LogP contribution in [0.5, 0.6) is 0 Å². The topological polar surface area (TPSA) is 18.5 Å². The summed E-state index contributed by atoms with van der Waals surface area (Å²) in [5, 5.41) is 0. The van der Waals surface area contributed by atoms with Gasteiger partial charge >= 0.3 is 0 Å². The summed E-state index contributed by atoms with van der Waals surface area (Å²) in [7, 11) is 0. The molecule has 1 heterocycles. The maximum atomic E-state index is 5.76. The van der Waals surface area contributed by atoms with Crippen molar-refractivity contribution in [1.29, 1.82) is 0 Å². The Morgan fingerprint density at radius 3 is 2.07 bits per heavy atom. The maximum Gasteiger partial charge on any atom is 0.160 e. The number of hydrogen-bond acceptors (Lipinski definition) is 2. The number of ether oxygens (including phenoxy) is 2. The third-order valence-electron chi connectivity index (χ3n) is 4.40. The summed E-state index contributed by atoms with van der Waals surface area (Å²) in [5.41, 5.74) is 0. The van der Waals surface area contributed by atoms with E-state index in [-0.39, 0.29) is 6.29 Å². The second-order valence-corrected chi connectivity index (χ2v) is 5.59. The lowest BCUT2D eigenvalue weighted by Gasteiger charge is -2.42. The molecule has 2 bridgehead atoms. The van der Waals surface area contributed by atoms with Crippen LogP contribution in [0.25, 0.3) is 0 Å². The highest BCUT2D eigenvalue weighted by atomic mass is 16.7. The van der Waals surface area contributed by atoms with Gasteiger partial charge in [-0.2, -0.15) is 0 Å². The van der Waals surface area contributed by atoms with Gasteiger partial charge in [0.1, 0.15) is 0 Å². The summed E-state index contributed by atoms with van der Waals surface area (Å²) >= 11 is 0. The van der Waals surface area contributed by atoms with E-state index < -0.39 is 0 Å².